The lowest BCUT2D eigenvalue weighted by molar-refractivity contribution is 0.0900. The van der Waals surface area contributed by atoms with E-state index < -0.39 is 0 Å². The summed E-state index contributed by atoms with van der Waals surface area (Å²) < 4.78 is 5.14. The van der Waals surface area contributed by atoms with Crippen molar-refractivity contribution in [3.8, 4) is 5.75 Å². The number of halogens is 1. The second-order valence-corrected chi connectivity index (χ2v) is 6.39. The number of hydrogen-bond acceptors (Lipinski definition) is 2. The predicted octanol–water partition coefficient (Wildman–Crippen LogP) is 3.62. The number of hydrogen-bond donors (Lipinski definition) is 1. The van der Waals surface area contributed by atoms with Crippen LogP contribution in [0.4, 0.5) is 0 Å². The molecule has 0 fully saturated rings. The summed E-state index contributed by atoms with van der Waals surface area (Å²) in [5.41, 5.74) is 0.658. The van der Waals surface area contributed by atoms with Crippen molar-refractivity contribution in [2.24, 2.45) is 5.41 Å². The summed E-state index contributed by atoms with van der Waals surface area (Å²) in [5, 5.41) is 3.97. The van der Waals surface area contributed by atoms with Crippen molar-refractivity contribution >= 4 is 21.8 Å². The number of methoxy groups -OCH3 is 1. The fourth-order valence-corrected chi connectivity index (χ4v) is 2.29. The van der Waals surface area contributed by atoms with Gasteiger partial charge in [0.15, 0.2) is 0 Å². The van der Waals surface area contributed by atoms with Crippen LogP contribution in [0.2, 0.25) is 0 Å². The number of nitrogens with one attached hydrogen (secondary N) is 1. The normalized spacial score (nSPS) is 12.9. The lowest BCUT2D eigenvalue weighted by atomic mass is 9.85. The molecule has 0 bridgehead atoms. The van der Waals surface area contributed by atoms with Crippen LogP contribution in [0.3, 0.4) is 0 Å². The van der Waals surface area contributed by atoms with Gasteiger partial charge in [0.1, 0.15) is 5.75 Å². The Bertz CT molecular complexity index is 426. The molecule has 0 aliphatic heterocycles. The van der Waals surface area contributed by atoms with Crippen LogP contribution in [0, 0.1) is 5.41 Å². The van der Waals surface area contributed by atoms with Crippen molar-refractivity contribution in [2.75, 3.05) is 12.4 Å². The van der Waals surface area contributed by atoms with Gasteiger partial charge in [0.05, 0.1) is 7.11 Å². The van der Waals surface area contributed by atoms with Crippen molar-refractivity contribution < 1.29 is 9.53 Å². The van der Waals surface area contributed by atoms with Gasteiger partial charge < -0.3 is 10.1 Å². The molecule has 1 amide bonds. The van der Waals surface area contributed by atoms with E-state index in [0.717, 1.165) is 11.8 Å². The van der Waals surface area contributed by atoms with Crippen LogP contribution in [0.5, 0.6) is 5.75 Å². The molecule has 0 saturated heterocycles. The van der Waals surface area contributed by atoms with Gasteiger partial charge in [0.25, 0.3) is 5.91 Å². The van der Waals surface area contributed by atoms with Crippen LogP contribution in [-0.4, -0.2) is 24.4 Å². The smallest absolute Gasteiger partial charge is 0.251 e. The largest absolute Gasteiger partial charge is 0.497 e. The maximum absolute atomic E-state index is 12.3. The van der Waals surface area contributed by atoms with E-state index >= 15 is 0 Å². The van der Waals surface area contributed by atoms with Crippen molar-refractivity contribution in [1.29, 1.82) is 0 Å². The molecule has 1 N–H and O–H groups in total. The predicted molar refractivity (Wildman–Crippen MR) is 82.1 cm³/mol. The molecule has 0 radical (unpaired) electrons. The second-order valence-electron chi connectivity index (χ2n) is 5.60. The molecule has 1 atom stereocenters. The number of ether oxygens (including phenoxy) is 1. The topological polar surface area (TPSA) is 38.3 Å². The van der Waals surface area contributed by atoms with Crippen LogP contribution in [0.1, 0.15) is 37.6 Å². The van der Waals surface area contributed by atoms with Crippen molar-refractivity contribution in [2.45, 2.75) is 33.2 Å². The molecule has 0 heterocycles. The van der Waals surface area contributed by atoms with Crippen LogP contribution >= 0.6 is 15.9 Å². The van der Waals surface area contributed by atoms with Crippen LogP contribution < -0.4 is 10.1 Å². The first-order valence-corrected chi connectivity index (χ1v) is 7.51. The Labute approximate surface area is 123 Å². The minimum Gasteiger partial charge on any atom is -0.497 e. The molecule has 106 valence electrons. The molecule has 19 heavy (non-hydrogen) atoms. The molecule has 1 unspecified atom stereocenters. The summed E-state index contributed by atoms with van der Waals surface area (Å²) in [6, 6.07) is 7.33. The van der Waals surface area contributed by atoms with Gasteiger partial charge in [-0.25, -0.2) is 0 Å². The molecule has 3 nitrogen and oxygen atoms in total. The fraction of sp³-hybridized carbons (Fsp3) is 0.533. The third kappa shape index (κ3) is 4.86. The Hall–Kier alpha value is -1.03. The minimum absolute atomic E-state index is 0.0301. The van der Waals surface area contributed by atoms with E-state index in [-0.39, 0.29) is 17.4 Å². The molecular weight excluding hydrogens is 306 g/mol. The van der Waals surface area contributed by atoms with E-state index in [0.29, 0.717) is 11.3 Å². The highest BCUT2D eigenvalue weighted by Crippen LogP contribution is 2.23. The molecule has 4 heteroatoms. The first-order chi connectivity index (χ1) is 8.88. The third-order valence-corrected chi connectivity index (χ3v) is 3.54. The molecule has 1 aromatic carbocycles. The number of carbonyl (C=O) groups excluding carboxylic acids is 1. The number of benzene rings is 1. The molecule has 1 aromatic rings. The molecule has 0 aliphatic rings. The quantitative estimate of drug-likeness (QED) is 0.839. The zero-order valence-corrected chi connectivity index (χ0v) is 13.6. The van der Waals surface area contributed by atoms with Gasteiger partial charge in [0, 0.05) is 16.9 Å². The Kier molecular flexibility index (Phi) is 5.85. The van der Waals surface area contributed by atoms with Crippen LogP contribution in [0.15, 0.2) is 24.3 Å². The highest BCUT2D eigenvalue weighted by atomic mass is 79.9. The van der Waals surface area contributed by atoms with Gasteiger partial charge in [0.2, 0.25) is 0 Å². The maximum atomic E-state index is 12.3. The Morgan fingerprint density at radius 2 is 2.11 bits per heavy atom. The monoisotopic (exact) mass is 327 g/mol. The summed E-state index contributed by atoms with van der Waals surface area (Å²) in [5.74, 6) is 0.639. The molecule has 0 aromatic heterocycles. The minimum atomic E-state index is -0.0558. The van der Waals surface area contributed by atoms with E-state index in [4.69, 9.17) is 4.74 Å². The van der Waals surface area contributed by atoms with Crippen molar-refractivity contribution in [3.63, 3.8) is 0 Å². The molecule has 0 spiro atoms. The Balaban J connectivity index is 2.81. The van der Waals surface area contributed by atoms with Crippen LogP contribution in [0.25, 0.3) is 0 Å². The van der Waals surface area contributed by atoms with E-state index in [1.807, 2.05) is 12.1 Å². The highest BCUT2D eigenvalue weighted by Gasteiger charge is 2.25. The maximum Gasteiger partial charge on any atom is 0.251 e. The van der Waals surface area contributed by atoms with Gasteiger partial charge in [-0.3, -0.25) is 4.79 Å². The summed E-state index contributed by atoms with van der Waals surface area (Å²) in [7, 11) is 1.60. The average Bonchev–Trinajstić information content (AvgIpc) is 2.37. The first-order valence-electron chi connectivity index (χ1n) is 6.39. The van der Waals surface area contributed by atoms with Crippen molar-refractivity contribution in [1.82, 2.24) is 5.32 Å². The second kappa shape index (κ2) is 6.94. The van der Waals surface area contributed by atoms with Gasteiger partial charge >= 0.3 is 0 Å². The summed E-state index contributed by atoms with van der Waals surface area (Å²) in [6.45, 7) is 6.39. The lowest BCUT2D eigenvalue weighted by Crippen LogP contribution is -2.44. The third-order valence-electron chi connectivity index (χ3n) is 3.08. The fourth-order valence-electron chi connectivity index (χ4n) is 1.84. The SMILES string of the molecule is COc1cccc(C(=O)NC(CCBr)C(C)(C)C)c1. The van der Waals surface area contributed by atoms with Crippen LogP contribution in [-0.2, 0) is 0 Å². The Morgan fingerprint density at radius 1 is 1.42 bits per heavy atom. The average molecular weight is 328 g/mol. The Morgan fingerprint density at radius 3 is 2.63 bits per heavy atom. The summed E-state index contributed by atoms with van der Waals surface area (Å²) in [4.78, 5) is 12.3. The van der Waals surface area contributed by atoms with Crippen molar-refractivity contribution in [3.05, 3.63) is 29.8 Å². The highest BCUT2D eigenvalue weighted by molar-refractivity contribution is 9.09. The summed E-state index contributed by atoms with van der Waals surface area (Å²) in [6.07, 6.45) is 0.902. The zero-order chi connectivity index (χ0) is 14.5. The number of rotatable bonds is 5. The standard InChI is InChI=1S/C15H22BrNO2/c1-15(2,3)13(8-9-16)17-14(18)11-6-5-7-12(10-11)19-4/h5-7,10,13H,8-9H2,1-4H3,(H,17,18). The molecule has 1 rings (SSSR count). The van der Waals surface area contributed by atoms with Gasteiger partial charge in [-0.05, 0) is 30.0 Å². The van der Waals surface area contributed by atoms with Gasteiger partial charge in [-0.2, -0.15) is 0 Å². The number of carbonyl (C=O) groups is 1. The van der Waals surface area contributed by atoms with E-state index in [2.05, 4.69) is 42.0 Å². The van der Waals surface area contributed by atoms with E-state index in [9.17, 15) is 4.79 Å². The molecule has 0 saturated carbocycles. The number of amides is 1. The van der Waals surface area contributed by atoms with Gasteiger partial charge in [-0.1, -0.05) is 42.8 Å². The van der Waals surface area contributed by atoms with E-state index in [1.54, 1.807) is 19.2 Å². The van der Waals surface area contributed by atoms with E-state index in [1.165, 1.54) is 0 Å². The van der Waals surface area contributed by atoms with Gasteiger partial charge in [-0.15, -0.1) is 0 Å². The molecular formula is C15H22BrNO2. The molecule has 0 aliphatic carbocycles. The lowest BCUT2D eigenvalue weighted by Gasteiger charge is -2.31. The number of alkyl halides is 1. The summed E-state index contributed by atoms with van der Waals surface area (Å²) >= 11 is 3.44. The first kappa shape index (κ1) is 16.0. The zero-order valence-electron chi connectivity index (χ0n) is 12.0.